The third-order valence-corrected chi connectivity index (χ3v) is 9.16. The monoisotopic (exact) mass is 402 g/mol. The standard InChI is InChI=1S/C17H34N4O5Si/c1-16(2,3)26-15(24)21(20-19-18)13-27(7,17(4,5)6)25-12-10-8-9-11-14(22)23/h8-13H2,1-7H3,(H,22,23). The maximum absolute atomic E-state index is 12.4. The van der Waals surface area contributed by atoms with Crippen molar-refractivity contribution in [3.63, 3.8) is 0 Å². The molecule has 0 fully saturated rings. The Balaban J connectivity index is 5.05. The number of unbranched alkanes of at least 4 members (excludes halogenated alkanes) is 2. The maximum Gasteiger partial charge on any atom is 0.510 e. The van der Waals surface area contributed by atoms with E-state index in [2.05, 4.69) is 10.1 Å². The Kier molecular flexibility index (Phi) is 9.84. The predicted octanol–water partition coefficient (Wildman–Crippen LogP) is 5.03. The van der Waals surface area contributed by atoms with Crippen LogP contribution in [0, 0.1) is 0 Å². The highest BCUT2D eigenvalue weighted by Crippen LogP contribution is 2.38. The quantitative estimate of drug-likeness (QED) is 0.137. The average molecular weight is 403 g/mol. The summed E-state index contributed by atoms with van der Waals surface area (Å²) in [6.07, 6.45) is 1.72. The summed E-state index contributed by atoms with van der Waals surface area (Å²) < 4.78 is 11.5. The summed E-state index contributed by atoms with van der Waals surface area (Å²) in [5, 5.41) is 13.0. The lowest BCUT2D eigenvalue weighted by molar-refractivity contribution is -0.137. The second-order valence-electron chi connectivity index (χ2n) is 8.75. The van der Waals surface area contributed by atoms with Crippen molar-refractivity contribution in [2.75, 3.05) is 12.8 Å². The number of hydrogen-bond acceptors (Lipinski definition) is 5. The van der Waals surface area contributed by atoms with E-state index in [0.29, 0.717) is 13.0 Å². The first-order chi connectivity index (χ1) is 12.2. The molecule has 1 unspecified atom stereocenters. The third kappa shape index (κ3) is 10.2. The highest BCUT2D eigenvalue weighted by Gasteiger charge is 2.47. The number of carboxylic acids is 1. The SMILES string of the molecule is CC(C)(C)OC(=O)N(C[Si](C)(OCCCCCC(=O)O)C(C)(C)C)N=[N+]=[N-]. The molecule has 0 aromatic carbocycles. The number of azide groups is 1. The van der Waals surface area contributed by atoms with Crippen LogP contribution in [0.2, 0.25) is 11.6 Å². The van der Waals surface area contributed by atoms with Crippen LogP contribution < -0.4 is 0 Å². The van der Waals surface area contributed by atoms with Crippen LogP contribution in [0.5, 0.6) is 0 Å². The molecule has 0 aromatic heterocycles. The fraction of sp³-hybridized carbons (Fsp3) is 0.882. The minimum absolute atomic E-state index is 0.150. The van der Waals surface area contributed by atoms with Crippen LogP contribution in [-0.4, -0.2) is 48.9 Å². The van der Waals surface area contributed by atoms with E-state index in [1.165, 1.54) is 0 Å². The van der Waals surface area contributed by atoms with E-state index in [-0.39, 0.29) is 17.6 Å². The molecule has 0 aliphatic rings. The zero-order valence-electron chi connectivity index (χ0n) is 17.6. The molecule has 0 bridgehead atoms. The Hall–Kier alpha value is -1.77. The van der Waals surface area contributed by atoms with Gasteiger partial charge in [-0.15, -0.1) is 10.5 Å². The van der Waals surface area contributed by atoms with Crippen LogP contribution in [0.3, 0.4) is 0 Å². The van der Waals surface area contributed by atoms with Crippen molar-refractivity contribution in [2.45, 2.75) is 84.4 Å². The van der Waals surface area contributed by atoms with Gasteiger partial charge < -0.3 is 14.3 Å². The first kappa shape index (κ1) is 25.2. The lowest BCUT2D eigenvalue weighted by atomic mass is 10.2. The first-order valence-electron chi connectivity index (χ1n) is 9.13. The molecule has 0 aliphatic heterocycles. The Morgan fingerprint density at radius 1 is 1.15 bits per heavy atom. The van der Waals surface area contributed by atoms with Gasteiger partial charge in [0.25, 0.3) is 0 Å². The van der Waals surface area contributed by atoms with Gasteiger partial charge in [0.2, 0.25) is 8.32 Å². The van der Waals surface area contributed by atoms with Gasteiger partial charge in [0.15, 0.2) is 0 Å². The molecule has 0 radical (unpaired) electrons. The summed E-state index contributed by atoms with van der Waals surface area (Å²) in [5.74, 6) is -0.799. The van der Waals surface area contributed by atoms with Crippen LogP contribution in [0.1, 0.15) is 67.2 Å². The van der Waals surface area contributed by atoms with Crippen molar-refractivity contribution in [1.29, 1.82) is 0 Å². The molecule has 27 heavy (non-hydrogen) atoms. The van der Waals surface area contributed by atoms with E-state index < -0.39 is 26.0 Å². The second kappa shape index (κ2) is 10.5. The molecule has 156 valence electrons. The van der Waals surface area contributed by atoms with Crippen molar-refractivity contribution in [3.05, 3.63) is 10.4 Å². The minimum Gasteiger partial charge on any atom is -0.481 e. The van der Waals surface area contributed by atoms with Gasteiger partial charge in [0.05, 0.1) is 0 Å². The average Bonchev–Trinajstić information content (AvgIpc) is 2.47. The molecule has 1 N–H and O–H groups in total. The van der Waals surface area contributed by atoms with Gasteiger partial charge in [0, 0.05) is 13.0 Å². The minimum atomic E-state index is -2.53. The Labute approximate surface area is 162 Å². The lowest BCUT2D eigenvalue weighted by Gasteiger charge is -2.39. The Morgan fingerprint density at radius 3 is 2.19 bits per heavy atom. The van der Waals surface area contributed by atoms with E-state index in [1.54, 1.807) is 20.8 Å². The first-order valence-corrected chi connectivity index (χ1v) is 11.7. The number of rotatable bonds is 10. The zero-order valence-corrected chi connectivity index (χ0v) is 18.6. The Morgan fingerprint density at radius 2 is 1.74 bits per heavy atom. The fourth-order valence-electron chi connectivity index (χ4n) is 2.13. The highest BCUT2D eigenvalue weighted by molar-refractivity contribution is 6.75. The predicted molar refractivity (Wildman–Crippen MR) is 105 cm³/mol. The van der Waals surface area contributed by atoms with Crippen LogP contribution in [0.15, 0.2) is 5.22 Å². The van der Waals surface area contributed by atoms with Gasteiger partial charge in [-0.25, -0.2) is 0 Å². The number of amides is 1. The molecule has 0 spiro atoms. The summed E-state index contributed by atoms with van der Waals surface area (Å²) in [4.78, 5) is 25.7. The fourth-order valence-corrected chi connectivity index (χ4v) is 4.49. The van der Waals surface area contributed by atoms with Gasteiger partial charge >= 0.3 is 12.1 Å². The largest absolute Gasteiger partial charge is 0.510 e. The molecule has 0 rings (SSSR count). The van der Waals surface area contributed by atoms with Crippen molar-refractivity contribution < 1.29 is 23.9 Å². The number of ether oxygens (including phenoxy) is 1. The normalized spacial score (nSPS) is 14.0. The van der Waals surface area contributed by atoms with Gasteiger partial charge in [-0.3, -0.25) is 4.79 Å². The molecule has 1 amide bonds. The molecule has 10 heteroatoms. The van der Waals surface area contributed by atoms with Crippen molar-refractivity contribution in [2.24, 2.45) is 5.22 Å². The molecule has 9 nitrogen and oxygen atoms in total. The Bertz CT molecular complexity index is 553. The van der Waals surface area contributed by atoms with Crippen LogP contribution >= 0.6 is 0 Å². The van der Waals surface area contributed by atoms with E-state index >= 15 is 0 Å². The summed E-state index contributed by atoms with van der Waals surface area (Å²) in [6, 6.07) is 0. The van der Waals surface area contributed by atoms with E-state index in [0.717, 1.165) is 17.9 Å². The number of aliphatic carboxylic acids is 1. The number of carbonyl (C=O) groups is 2. The van der Waals surface area contributed by atoms with Crippen molar-refractivity contribution in [3.8, 4) is 0 Å². The molecule has 0 saturated heterocycles. The third-order valence-electron chi connectivity index (χ3n) is 4.25. The van der Waals surface area contributed by atoms with Gasteiger partial charge in [-0.05, 0) is 50.4 Å². The summed E-state index contributed by atoms with van der Waals surface area (Å²) in [7, 11) is -2.53. The molecule has 1 atom stereocenters. The van der Waals surface area contributed by atoms with E-state index in [1.807, 2.05) is 27.3 Å². The molecule has 0 saturated carbocycles. The summed E-state index contributed by atoms with van der Waals surface area (Å²) >= 11 is 0. The van der Waals surface area contributed by atoms with Crippen molar-refractivity contribution in [1.82, 2.24) is 5.01 Å². The van der Waals surface area contributed by atoms with Gasteiger partial charge in [-0.1, -0.05) is 27.2 Å². The van der Waals surface area contributed by atoms with Crippen LogP contribution in [-0.2, 0) is 14.0 Å². The highest BCUT2D eigenvalue weighted by atomic mass is 28.4. The molecule has 0 aromatic rings. The summed E-state index contributed by atoms with van der Waals surface area (Å²) in [5.41, 5.74) is 8.13. The zero-order chi connectivity index (χ0) is 21.3. The number of nitrogens with zero attached hydrogens (tertiary/aromatic N) is 4. The molecular weight excluding hydrogens is 368 g/mol. The number of carboxylic acid groups (broad SMARTS) is 1. The number of hydrogen-bond donors (Lipinski definition) is 1. The topological polar surface area (TPSA) is 125 Å². The molecular formula is C17H34N4O5Si. The maximum atomic E-state index is 12.4. The summed E-state index contributed by atoms with van der Waals surface area (Å²) in [6.45, 7) is 13.8. The van der Waals surface area contributed by atoms with Crippen LogP contribution in [0.25, 0.3) is 10.4 Å². The van der Waals surface area contributed by atoms with E-state index in [9.17, 15) is 9.59 Å². The lowest BCUT2D eigenvalue weighted by Crippen LogP contribution is -2.54. The van der Waals surface area contributed by atoms with Gasteiger partial charge in [-0.2, -0.15) is 9.71 Å². The second-order valence-corrected chi connectivity index (χ2v) is 13.3. The van der Waals surface area contributed by atoms with Gasteiger partial charge in [0.1, 0.15) is 11.8 Å². The molecule has 0 aliphatic carbocycles. The molecule has 0 heterocycles. The van der Waals surface area contributed by atoms with Crippen LogP contribution in [0.4, 0.5) is 4.79 Å². The van der Waals surface area contributed by atoms with E-state index in [4.69, 9.17) is 19.8 Å². The smallest absolute Gasteiger partial charge is 0.481 e. The van der Waals surface area contributed by atoms with Crippen molar-refractivity contribution >= 4 is 20.4 Å². The number of carbonyl (C=O) groups excluding carboxylic acids is 1.